The van der Waals surface area contributed by atoms with Gasteiger partial charge in [0.1, 0.15) is 24.4 Å². The number of amides is 1. The Kier molecular flexibility index (Phi) is 6.48. The third kappa shape index (κ3) is 9.18. The highest BCUT2D eigenvalue weighted by molar-refractivity contribution is 5.70. The summed E-state index contributed by atoms with van der Waals surface area (Å²) in [6.07, 6.45) is -0.681. The van der Waals surface area contributed by atoms with Crippen LogP contribution in [-0.2, 0) is 23.8 Å². The highest BCUT2D eigenvalue weighted by Crippen LogP contribution is 2.11. The minimum absolute atomic E-state index is 0.130. The van der Waals surface area contributed by atoms with Crippen molar-refractivity contribution in [3.05, 3.63) is 0 Å². The van der Waals surface area contributed by atoms with E-state index in [-0.39, 0.29) is 13.2 Å². The first-order chi connectivity index (χ1) is 8.93. The fourth-order valence-electron chi connectivity index (χ4n) is 1.19. The molecule has 0 saturated heterocycles. The minimum atomic E-state index is -1.06. The second-order valence-electron chi connectivity index (χ2n) is 5.75. The zero-order valence-corrected chi connectivity index (χ0v) is 12.9. The molecule has 0 fully saturated rings. The summed E-state index contributed by atoms with van der Waals surface area (Å²) in [6.45, 7) is 9.00. The lowest BCUT2D eigenvalue weighted by Crippen LogP contribution is -2.54. The van der Waals surface area contributed by atoms with E-state index in [1.54, 1.807) is 27.7 Å². The lowest BCUT2D eigenvalue weighted by molar-refractivity contribution is -0.147. The number of alkyl carbamates (subject to hydrolysis) is 1. The molecule has 0 aromatic carbocycles. The molecule has 7 nitrogen and oxygen atoms in total. The van der Waals surface area contributed by atoms with Gasteiger partial charge in [0.25, 0.3) is 0 Å². The van der Waals surface area contributed by atoms with Crippen LogP contribution in [0.15, 0.2) is 0 Å². The summed E-state index contributed by atoms with van der Waals surface area (Å²) >= 11 is 0. The number of hydrogen-bond acceptors (Lipinski definition) is 6. The van der Waals surface area contributed by atoms with E-state index in [4.69, 9.17) is 14.2 Å². The SMILES string of the molecule is CC(=O)OCC(C)(COC(C)=O)NC(=O)OC(C)(C)C. The molecule has 1 amide bonds. The van der Waals surface area contributed by atoms with Crippen LogP contribution in [0.4, 0.5) is 4.79 Å². The van der Waals surface area contributed by atoms with Crippen molar-refractivity contribution in [2.24, 2.45) is 0 Å². The number of hydrogen-bond donors (Lipinski definition) is 1. The molecular weight excluding hydrogens is 266 g/mol. The van der Waals surface area contributed by atoms with Gasteiger partial charge in [-0.3, -0.25) is 9.59 Å². The van der Waals surface area contributed by atoms with E-state index in [0.29, 0.717) is 0 Å². The van der Waals surface area contributed by atoms with E-state index >= 15 is 0 Å². The van der Waals surface area contributed by atoms with Crippen LogP contribution in [0, 0.1) is 0 Å². The molecule has 116 valence electrons. The summed E-state index contributed by atoms with van der Waals surface area (Å²) in [5.41, 5.74) is -1.71. The maximum Gasteiger partial charge on any atom is 0.408 e. The lowest BCUT2D eigenvalue weighted by atomic mass is 10.1. The quantitative estimate of drug-likeness (QED) is 0.607. The molecule has 1 N–H and O–H groups in total. The van der Waals surface area contributed by atoms with Gasteiger partial charge in [-0.25, -0.2) is 4.79 Å². The lowest BCUT2D eigenvalue weighted by Gasteiger charge is -2.30. The Morgan fingerprint density at radius 1 is 0.900 bits per heavy atom. The van der Waals surface area contributed by atoms with E-state index in [1.165, 1.54) is 13.8 Å². The van der Waals surface area contributed by atoms with Crippen molar-refractivity contribution >= 4 is 18.0 Å². The highest BCUT2D eigenvalue weighted by atomic mass is 16.6. The summed E-state index contributed by atoms with van der Waals surface area (Å²) in [7, 11) is 0. The molecule has 0 spiro atoms. The summed E-state index contributed by atoms with van der Waals surface area (Å²) < 4.78 is 14.9. The molecule has 0 bridgehead atoms. The van der Waals surface area contributed by atoms with Crippen molar-refractivity contribution in [1.82, 2.24) is 5.32 Å². The summed E-state index contributed by atoms with van der Waals surface area (Å²) in [6, 6.07) is 0. The van der Waals surface area contributed by atoms with Gasteiger partial charge in [0.2, 0.25) is 0 Å². The van der Waals surface area contributed by atoms with Crippen molar-refractivity contribution in [1.29, 1.82) is 0 Å². The van der Waals surface area contributed by atoms with Gasteiger partial charge in [0.15, 0.2) is 0 Å². The second kappa shape index (κ2) is 7.12. The van der Waals surface area contributed by atoms with Crippen LogP contribution >= 0.6 is 0 Å². The van der Waals surface area contributed by atoms with Crippen molar-refractivity contribution in [2.75, 3.05) is 13.2 Å². The number of esters is 2. The molecule has 0 aliphatic heterocycles. The van der Waals surface area contributed by atoms with Gasteiger partial charge < -0.3 is 19.5 Å². The van der Waals surface area contributed by atoms with Gasteiger partial charge in [-0.05, 0) is 27.7 Å². The molecule has 0 heterocycles. The average molecular weight is 289 g/mol. The number of carbonyl (C=O) groups is 3. The van der Waals surface area contributed by atoms with E-state index in [1.807, 2.05) is 0 Å². The van der Waals surface area contributed by atoms with Gasteiger partial charge >= 0.3 is 18.0 Å². The molecule has 0 unspecified atom stereocenters. The first kappa shape index (κ1) is 18.2. The number of carbonyl (C=O) groups excluding carboxylic acids is 3. The first-order valence-electron chi connectivity index (χ1n) is 6.21. The smallest absolute Gasteiger partial charge is 0.408 e. The van der Waals surface area contributed by atoms with Crippen LogP contribution in [0.2, 0.25) is 0 Å². The molecule has 0 atom stereocenters. The van der Waals surface area contributed by atoms with Crippen molar-refractivity contribution < 1.29 is 28.6 Å². The van der Waals surface area contributed by atoms with Crippen molar-refractivity contribution in [3.8, 4) is 0 Å². The van der Waals surface area contributed by atoms with E-state index in [9.17, 15) is 14.4 Å². The number of nitrogens with one attached hydrogen (secondary N) is 1. The van der Waals surface area contributed by atoms with Gasteiger partial charge in [0, 0.05) is 13.8 Å². The fraction of sp³-hybridized carbons (Fsp3) is 0.769. The topological polar surface area (TPSA) is 90.9 Å². The Balaban J connectivity index is 4.69. The van der Waals surface area contributed by atoms with Gasteiger partial charge in [-0.15, -0.1) is 0 Å². The maximum absolute atomic E-state index is 11.7. The monoisotopic (exact) mass is 289 g/mol. The normalized spacial score (nSPS) is 11.5. The Hall–Kier alpha value is -1.79. The number of ether oxygens (including phenoxy) is 3. The van der Waals surface area contributed by atoms with Crippen LogP contribution in [-0.4, -0.2) is 42.4 Å². The van der Waals surface area contributed by atoms with E-state index < -0.39 is 29.2 Å². The first-order valence-corrected chi connectivity index (χ1v) is 6.21. The molecule has 0 radical (unpaired) electrons. The van der Waals surface area contributed by atoms with Crippen molar-refractivity contribution in [2.45, 2.75) is 52.7 Å². The molecule has 0 aromatic rings. The fourth-order valence-corrected chi connectivity index (χ4v) is 1.19. The molecule has 0 aromatic heterocycles. The molecule has 0 aliphatic carbocycles. The summed E-state index contributed by atoms with van der Waals surface area (Å²) in [5.74, 6) is -0.991. The average Bonchev–Trinajstić information content (AvgIpc) is 2.21. The summed E-state index contributed by atoms with van der Waals surface area (Å²) in [4.78, 5) is 33.5. The van der Waals surface area contributed by atoms with Crippen LogP contribution in [0.5, 0.6) is 0 Å². The minimum Gasteiger partial charge on any atom is -0.463 e. The van der Waals surface area contributed by atoms with Crippen LogP contribution in [0.1, 0.15) is 41.5 Å². The largest absolute Gasteiger partial charge is 0.463 e. The van der Waals surface area contributed by atoms with Gasteiger partial charge in [-0.1, -0.05) is 0 Å². The van der Waals surface area contributed by atoms with Crippen molar-refractivity contribution in [3.63, 3.8) is 0 Å². The Morgan fingerprint density at radius 3 is 1.60 bits per heavy atom. The third-order valence-corrected chi connectivity index (χ3v) is 1.99. The Bertz CT molecular complexity index is 354. The standard InChI is InChI=1S/C13H23NO6/c1-9(15)18-7-13(6,8-19-10(2)16)14-11(17)20-12(3,4)5/h7-8H2,1-6H3,(H,14,17). The molecule has 0 rings (SSSR count). The van der Waals surface area contributed by atoms with Crippen LogP contribution in [0.3, 0.4) is 0 Å². The van der Waals surface area contributed by atoms with E-state index in [2.05, 4.69) is 5.32 Å². The Morgan fingerprint density at radius 2 is 1.30 bits per heavy atom. The molecule has 0 aliphatic rings. The highest BCUT2D eigenvalue weighted by Gasteiger charge is 2.31. The molecular formula is C13H23NO6. The predicted octanol–water partition coefficient (Wildman–Crippen LogP) is 1.40. The number of rotatable bonds is 5. The molecule has 7 heteroatoms. The van der Waals surface area contributed by atoms with E-state index in [0.717, 1.165) is 0 Å². The maximum atomic E-state index is 11.7. The Labute approximate surface area is 118 Å². The predicted molar refractivity (Wildman–Crippen MR) is 71.0 cm³/mol. The second-order valence-corrected chi connectivity index (χ2v) is 5.75. The summed E-state index contributed by atoms with van der Waals surface area (Å²) in [5, 5.41) is 2.55. The van der Waals surface area contributed by atoms with Crippen LogP contribution in [0.25, 0.3) is 0 Å². The zero-order valence-electron chi connectivity index (χ0n) is 12.9. The molecule has 20 heavy (non-hydrogen) atoms. The third-order valence-electron chi connectivity index (χ3n) is 1.99. The zero-order chi connectivity index (χ0) is 16.0. The van der Waals surface area contributed by atoms with Gasteiger partial charge in [-0.2, -0.15) is 0 Å². The molecule has 0 saturated carbocycles. The van der Waals surface area contributed by atoms with Gasteiger partial charge in [0.05, 0.1) is 0 Å². The van der Waals surface area contributed by atoms with Crippen LogP contribution < -0.4 is 5.32 Å².